The second-order valence-corrected chi connectivity index (χ2v) is 14.0. The van der Waals surface area contributed by atoms with E-state index in [1.165, 1.54) is 25.7 Å². The van der Waals surface area contributed by atoms with Crippen molar-refractivity contribution in [2.45, 2.75) is 124 Å². The number of fused-ring (bicyclic) bond motifs is 5. The van der Waals surface area contributed by atoms with Crippen molar-refractivity contribution in [3.8, 4) is 0 Å². The first-order valence-corrected chi connectivity index (χ1v) is 15.2. The number of rotatable bonds is 8. The molecule has 0 spiro atoms. The number of hydrogen-bond acceptors (Lipinski definition) is 5. The van der Waals surface area contributed by atoms with Crippen molar-refractivity contribution in [3.05, 3.63) is 0 Å². The smallest absolute Gasteiger partial charge is 0.325 e. The standard InChI is InChI=1S/C31H53NO5/c1-7-21-25-16-20(33)12-14-31(25,6)24-13-15-30(5)22(9-10-23(30)28(24)29(21)36)19(4)8-11-26(34)32-17-27(35)37-18(2)3/h18-25,28-29,33,36H,7-17H2,1-6H3,(H,32,34)/t19-,20-,21-,22-,23+,24+,25?,28+,29-,30-,31-/m1/s1. The minimum Gasteiger partial charge on any atom is -0.462 e. The summed E-state index contributed by atoms with van der Waals surface area (Å²) in [5.74, 6) is 2.66. The first-order chi connectivity index (χ1) is 17.4. The van der Waals surface area contributed by atoms with E-state index in [1.807, 2.05) is 0 Å². The highest BCUT2D eigenvalue weighted by molar-refractivity contribution is 5.81. The molecule has 0 bridgehead atoms. The monoisotopic (exact) mass is 519 g/mol. The number of carbonyl (C=O) groups excluding carboxylic acids is 2. The van der Waals surface area contributed by atoms with E-state index in [2.05, 4.69) is 33.0 Å². The van der Waals surface area contributed by atoms with Crippen molar-refractivity contribution < 1.29 is 24.5 Å². The van der Waals surface area contributed by atoms with E-state index in [1.54, 1.807) is 13.8 Å². The van der Waals surface area contributed by atoms with Crippen LogP contribution >= 0.6 is 0 Å². The molecule has 37 heavy (non-hydrogen) atoms. The lowest BCUT2D eigenvalue weighted by atomic mass is 9.41. The number of esters is 1. The summed E-state index contributed by atoms with van der Waals surface area (Å²) in [5, 5.41) is 25.1. The van der Waals surface area contributed by atoms with Gasteiger partial charge < -0.3 is 20.3 Å². The Kier molecular flexibility index (Phi) is 8.70. The molecule has 1 unspecified atom stereocenters. The third kappa shape index (κ3) is 5.35. The van der Waals surface area contributed by atoms with E-state index in [-0.39, 0.29) is 53.5 Å². The first-order valence-electron chi connectivity index (χ1n) is 15.2. The summed E-state index contributed by atoms with van der Waals surface area (Å²) in [6.45, 7) is 13.0. The third-order valence-corrected chi connectivity index (χ3v) is 11.8. The molecule has 6 nitrogen and oxygen atoms in total. The van der Waals surface area contributed by atoms with Crippen LogP contribution in [0.3, 0.4) is 0 Å². The van der Waals surface area contributed by atoms with Gasteiger partial charge >= 0.3 is 5.97 Å². The van der Waals surface area contributed by atoms with Gasteiger partial charge in [-0.3, -0.25) is 9.59 Å². The number of ether oxygens (including phenoxy) is 1. The second kappa shape index (κ2) is 11.2. The van der Waals surface area contributed by atoms with E-state index in [4.69, 9.17) is 4.74 Å². The predicted molar refractivity (Wildman–Crippen MR) is 144 cm³/mol. The van der Waals surface area contributed by atoms with Crippen LogP contribution in [0.4, 0.5) is 0 Å². The SMILES string of the molecule is CC[C@@H]1C2C[C@H](O)CC[C@]2(C)[C@H]2CC[C@]3(C)[C@@H]([C@H](C)CCC(=O)NCC(=O)OC(C)C)CC[C@H]3[C@@H]2[C@@H]1O. The molecule has 4 aliphatic carbocycles. The van der Waals surface area contributed by atoms with Gasteiger partial charge in [0.15, 0.2) is 0 Å². The molecule has 0 aliphatic heterocycles. The van der Waals surface area contributed by atoms with Crippen molar-refractivity contribution in [3.63, 3.8) is 0 Å². The highest BCUT2D eigenvalue weighted by atomic mass is 16.5. The van der Waals surface area contributed by atoms with Crippen molar-refractivity contribution in [2.24, 2.45) is 52.3 Å². The molecule has 4 saturated carbocycles. The summed E-state index contributed by atoms with van der Waals surface area (Å²) in [7, 11) is 0. The Balaban J connectivity index is 1.41. The molecule has 1 amide bonds. The topological polar surface area (TPSA) is 95.9 Å². The van der Waals surface area contributed by atoms with Gasteiger partial charge in [-0.2, -0.15) is 0 Å². The largest absolute Gasteiger partial charge is 0.462 e. The van der Waals surface area contributed by atoms with Crippen LogP contribution in [-0.2, 0) is 14.3 Å². The van der Waals surface area contributed by atoms with Crippen LogP contribution in [0.25, 0.3) is 0 Å². The molecular formula is C31H53NO5. The van der Waals surface area contributed by atoms with E-state index in [9.17, 15) is 19.8 Å². The van der Waals surface area contributed by atoms with E-state index in [0.29, 0.717) is 41.9 Å². The Labute approximate surface area is 224 Å². The minimum atomic E-state index is -0.390. The van der Waals surface area contributed by atoms with Gasteiger partial charge in [-0.15, -0.1) is 0 Å². The molecule has 4 aliphatic rings. The van der Waals surface area contributed by atoms with Crippen LogP contribution in [0.2, 0.25) is 0 Å². The van der Waals surface area contributed by atoms with Crippen LogP contribution in [0, 0.1) is 52.3 Å². The highest BCUT2D eigenvalue weighted by Gasteiger charge is 2.64. The molecule has 0 heterocycles. The predicted octanol–water partition coefficient (Wildman–Crippen LogP) is 5.10. The molecule has 0 aromatic carbocycles. The Hall–Kier alpha value is -1.14. The lowest BCUT2D eigenvalue weighted by molar-refractivity contribution is -0.203. The van der Waals surface area contributed by atoms with Crippen molar-refractivity contribution >= 4 is 11.9 Å². The highest BCUT2D eigenvalue weighted by Crippen LogP contribution is 2.69. The maximum Gasteiger partial charge on any atom is 0.325 e. The Morgan fingerprint density at radius 3 is 2.32 bits per heavy atom. The van der Waals surface area contributed by atoms with Crippen molar-refractivity contribution in [1.82, 2.24) is 5.32 Å². The Bertz CT molecular complexity index is 830. The van der Waals surface area contributed by atoms with Gasteiger partial charge in [0.2, 0.25) is 5.91 Å². The fraction of sp³-hybridized carbons (Fsp3) is 0.935. The van der Waals surface area contributed by atoms with Gasteiger partial charge in [0.05, 0.1) is 18.3 Å². The van der Waals surface area contributed by atoms with Crippen molar-refractivity contribution in [1.29, 1.82) is 0 Å². The zero-order valence-corrected chi connectivity index (χ0v) is 24.2. The average Bonchev–Trinajstić information content (AvgIpc) is 3.19. The summed E-state index contributed by atoms with van der Waals surface area (Å²) in [6.07, 6.45) is 9.17. The number of carbonyl (C=O) groups is 2. The zero-order chi connectivity index (χ0) is 27.1. The average molecular weight is 520 g/mol. The summed E-state index contributed by atoms with van der Waals surface area (Å²) in [4.78, 5) is 24.2. The molecule has 0 saturated heterocycles. The number of aliphatic hydroxyl groups is 2. The van der Waals surface area contributed by atoms with Gasteiger partial charge in [0.25, 0.3) is 0 Å². The molecular weight excluding hydrogens is 466 g/mol. The van der Waals surface area contributed by atoms with Crippen LogP contribution in [-0.4, -0.2) is 46.9 Å². The molecule has 0 aromatic rings. The van der Waals surface area contributed by atoms with Gasteiger partial charge in [-0.25, -0.2) is 0 Å². The van der Waals surface area contributed by atoms with Crippen LogP contribution in [0.5, 0.6) is 0 Å². The molecule has 11 atom stereocenters. The molecule has 6 heteroatoms. The summed E-state index contributed by atoms with van der Waals surface area (Å²) >= 11 is 0. The molecule has 0 radical (unpaired) electrons. The Morgan fingerprint density at radius 2 is 1.65 bits per heavy atom. The van der Waals surface area contributed by atoms with E-state index < -0.39 is 0 Å². The molecule has 3 N–H and O–H groups in total. The zero-order valence-electron chi connectivity index (χ0n) is 24.2. The van der Waals surface area contributed by atoms with Gasteiger partial charge in [-0.1, -0.05) is 34.1 Å². The van der Waals surface area contributed by atoms with Gasteiger partial charge in [-0.05, 0) is 117 Å². The number of aliphatic hydroxyl groups excluding tert-OH is 2. The summed E-state index contributed by atoms with van der Waals surface area (Å²) in [6, 6.07) is 0. The van der Waals surface area contributed by atoms with E-state index in [0.717, 1.165) is 32.1 Å². The fourth-order valence-electron chi connectivity index (χ4n) is 10.1. The fourth-order valence-corrected chi connectivity index (χ4v) is 10.1. The molecule has 4 rings (SSSR count). The number of nitrogens with one attached hydrogen (secondary N) is 1. The molecule has 212 valence electrons. The number of amides is 1. The van der Waals surface area contributed by atoms with Crippen LogP contribution in [0.1, 0.15) is 106 Å². The van der Waals surface area contributed by atoms with Crippen LogP contribution < -0.4 is 5.32 Å². The maximum atomic E-state index is 12.4. The van der Waals surface area contributed by atoms with Crippen molar-refractivity contribution in [2.75, 3.05) is 6.54 Å². The molecule has 4 fully saturated rings. The third-order valence-electron chi connectivity index (χ3n) is 11.8. The normalized spacial score (nSPS) is 43.9. The van der Waals surface area contributed by atoms with E-state index >= 15 is 0 Å². The van der Waals surface area contributed by atoms with Crippen LogP contribution in [0.15, 0.2) is 0 Å². The maximum absolute atomic E-state index is 12.4. The van der Waals surface area contributed by atoms with Gasteiger partial charge in [0, 0.05) is 6.42 Å². The minimum absolute atomic E-state index is 0.0645. The number of hydrogen-bond donors (Lipinski definition) is 3. The summed E-state index contributed by atoms with van der Waals surface area (Å²) in [5.41, 5.74) is 0.429. The van der Waals surface area contributed by atoms with Gasteiger partial charge in [0.1, 0.15) is 6.54 Å². The quantitative estimate of drug-likeness (QED) is 0.388. The first kappa shape index (κ1) is 28.9. The lowest BCUT2D eigenvalue weighted by Gasteiger charge is -2.64. The Morgan fingerprint density at radius 1 is 0.973 bits per heavy atom. The molecule has 0 aromatic heterocycles. The summed E-state index contributed by atoms with van der Waals surface area (Å²) < 4.78 is 5.11. The lowest BCUT2D eigenvalue weighted by Crippen LogP contribution is -2.62. The second-order valence-electron chi connectivity index (χ2n) is 14.0.